The molecule has 1 saturated heterocycles. The van der Waals surface area contributed by atoms with Crippen LogP contribution in [0.5, 0.6) is 0 Å². The number of carboxylic acid groups (broad SMARTS) is 1. The monoisotopic (exact) mass is 349 g/mol. The van der Waals surface area contributed by atoms with Crippen molar-refractivity contribution in [2.24, 2.45) is 5.92 Å². The molecule has 3 rings (SSSR count). The van der Waals surface area contributed by atoms with Crippen LogP contribution in [0.4, 0.5) is 0 Å². The van der Waals surface area contributed by atoms with E-state index in [1.54, 1.807) is 11.1 Å². The van der Waals surface area contributed by atoms with Crippen molar-refractivity contribution in [1.82, 2.24) is 25.3 Å². The maximum Gasteiger partial charge on any atom is 0.303 e. The van der Waals surface area contributed by atoms with Crippen LogP contribution in [-0.4, -0.2) is 55.4 Å². The molecule has 0 aromatic carbocycles. The Bertz CT molecular complexity index is 727. The maximum absolute atomic E-state index is 12.7. The Morgan fingerprint density at radius 3 is 2.83 bits per heavy atom. The fourth-order valence-electron chi connectivity index (χ4n) is 2.98. The number of aliphatic carboxylic acids is 1. The highest BCUT2D eigenvalue weighted by Gasteiger charge is 2.39. The Balaban J connectivity index is 1.78. The summed E-state index contributed by atoms with van der Waals surface area (Å²) < 4.78 is 0. The molecule has 2 N–H and O–H groups in total. The van der Waals surface area contributed by atoms with Crippen LogP contribution >= 0.6 is 11.3 Å². The summed E-state index contributed by atoms with van der Waals surface area (Å²) >= 11 is 1.33. The molecule has 2 aromatic rings. The number of hydrogen-bond acceptors (Lipinski definition) is 6. The van der Waals surface area contributed by atoms with Crippen LogP contribution in [0.1, 0.15) is 53.3 Å². The number of H-pyrrole nitrogens is 1. The van der Waals surface area contributed by atoms with E-state index in [1.165, 1.54) is 11.3 Å². The van der Waals surface area contributed by atoms with E-state index in [9.17, 15) is 9.59 Å². The van der Waals surface area contributed by atoms with E-state index in [1.807, 2.05) is 19.2 Å². The van der Waals surface area contributed by atoms with Crippen molar-refractivity contribution in [3.8, 4) is 0 Å². The van der Waals surface area contributed by atoms with Gasteiger partial charge in [0.15, 0.2) is 5.01 Å². The van der Waals surface area contributed by atoms with Crippen molar-refractivity contribution in [3.63, 3.8) is 0 Å². The molecule has 3 heterocycles. The highest BCUT2D eigenvalue weighted by atomic mass is 32.1. The molecule has 128 valence electrons. The predicted octanol–water partition coefficient (Wildman–Crippen LogP) is 1.72. The normalized spacial score (nSPS) is 20.7. The lowest BCUT2D eigenvalue weighted by molar-refractivity contribution is -0.138. The number of nitrogens with one attached hydrogen (secondary N) is 1. The highest BCUT2D eigenvalue weighted by molar-refractivity contribution is 7.11. The summed E-state index contributed by atoms with van der Waals surface area (Å²) in [4.78, 5) is 29.9. The SMILES string of the molecule is CC(C)c1csc(C(=O)N2C[C@H](CC(=O)O)[C@H](c3cn[nH]n3)C2)n1. The van der Waals surface area contributed by atoms with Gasteiger partial charge >= 0.3 is 5.97 Å². The fraction of sp³-hybridized carbons (Fsp3) is 0.533. The number of amides is 1. The number of nitrogens with zero attached hydrogens (tertiary/aromatic N) is 4. The maximum atomic E-state index is 12.7. The summed E-state index contributed by atoms with van der Waals surface area (Å²) in [6.45, 7) is 4.88. The Kier molecular flexibility index (Phi) is 4.61. The third-order valence-corrected chi connectivity index (χ3v) is 5.12. The first-order chi connectivity index (χ1) is 11.5. The van der Waals surface area contributed by atoms with Crippen molar-refractivity contribution in [3.05, 3.63) is 28.0 Å². The Labute approximate surface area is 142 Å². The standard InChI is InChI=1S/C15H19N5O3S/c1-8(2)12-7-24-14(17-12)15(23)20-5-9(3-13(21)22)10(6-20)11-4-16-19-18-11/h4,7-10H,3,5-6H2,1-2H3,(H,21,22)(H,16,18,19)/t9-,10+/m0/s1. The van der Waals surface area contributed by atoms with Crippen LogP contribution in [0.15, 0.2) is 11.6 Å². The van der Waals surface area contributed by atoms with Crippen LogP contribution < -0.4 is 0 Å². The predicted molar refractivity (Wildman–Crippen MR) is 87.0 cm³/mol. The van der Waals surface area contributed by atoms with Gasteiger partial charge in [0.2, 0.25) is 0 Å². The Morgan fingerprint density at radius 2 is 2.25 bits per heavy atom. The first-order valence-corrected chi connectivity index (χ1v) is 8.65. The topological polar surface area (TPSA) is 112 Å². The van der Waals surface area contributed by atoms with E-state index >= 15 is 0 Å². The van der Waals surface area contributed by atoms with E-state index in [2.05, 4.69) is 20.4 Å². The first kappa shape index (κ1) is 16.6. The third kappa shape index (κ3) is 3.30. The molecule has 1 fully saturated rings. The summed E-state index contributed by atoms with van der Waals surface area (Å²) in [5, 5.41) is 21.9. The van der Waals surface area contributed by atoms with Crippen LogP contribution in [0, 0.1) is 5.92 Å². The van der Waals surface area contributed by atoms with Crippen LogP contribution in [0.25, 0.3) is 0 Å². The second-order valence-electron chi connectivity index (χ2n) is 6.30. The molecule has 9 heteroatoms. The number of carboxylic acids is 1. The number of rotatable bonds is 5. The molecule has 0 spiro atoms. The Hall–Kier alpha value is -2.29. The molecule has 2 atom stereocenters. The van der Waals surface area contributed by atoms with Gasteiger partial charge in [-0.1, -0.05) is 13.8 Å². The first-order valence-electron chi connectivity index (χ1n) is 7.78. The number of likely N-dealkylation sites (tertiary alicyclic amines) is 1. The van der Waals surface area contributed by atoms with Gasteiger partial charge in [-0.2, -0.15) is 15.4 Å². The third-order valence-electron chi connectivity index (χ3n) is 4.28. The van der Waals surface area contributed by atoms with Gasteiger partial charge in [0.25, 0.3) is 5.91 Å². The van der Waals surface area contributed by atoms with E-state index in [4.69, 9.17) is 5.11 Å². The number of carbonyl (C=O) groups is 2. The van der Waals surface area contributed by atoms with E-state index in [-0.39, 0.29) is 30.1 Å². The molecule has 0 bridgehead atoms. The summed E-state index contributed by atoms with van der Waals surface area (Å²) in [5.41, 5.74) is 1.59. The molecular weight excluding hydrogens is 330 g/mol. The lowest BCUT2D eigenvalue weighted by Crippen LogP contribution is -2.29. The summed E-state index contributed by atoms with van der Waals surface area (Å²) in [6.07, 6.45) is 1.59. The zero-order valence-corrected chi connectivity index (χ0v) is 14.3. The average Bonchev–Trinajstić information content (AvgIpc) is 3.26. The van der Waals surface area contributed by atoms with Crippen LogP contribution in [0.3, 0.4) is 0 Å². The fourth-order valence-corrected chi connectivity index (χ4v) is 3.92. The van der Waals surface area contributed by atoms with Gasteiger partial charge < -0.3 is 10.0 Å². The van der Waals surface area contributed by atoms with Crippen LogP contribution in [-0.2, 0) is 4.79 Å². The molecular formula is C15H19N5O3S. The molecule has 8 nitrogen and oxygen atoms in total. The summed E-state index contributed by atoms with van der Waals surface area (Å²) in [6, 6.07) is 0. The number of aromatic nitrogens is 4. The smallest absolute Gasteiger partial charge is 0.303 e. The van der Waals surface area contributed by atoms with Crippen molar-refractivity contribution >= 4 is 23.2 Å². The van der Waals surface area contributed by atoms with Crippen LogP contribution in [0.2, 0.25) is 0 Å². The van der Waals surface area contributed by atoms with Gasteiger partial charge in [-0.25, -0.2) is 4.98 Å². The molecule has 0 saturated carbocycles. The van der Waals surface area contributed by atoms with Gasteiger partial charge in [0.1, 0.15) is 0 Å². The molecule has 1 amide bonds. The van der Waals surface area contributed by atoms with Gasteiger partial charge in [-0.05, 0) is 11.8 Å². The number of carbonyl (C=O) groups excluding carboxylic acids is 1. The molecule has 0 unspecified atom stereocenters. The number of aromatic amines is 1. The minimum atomic E-state index is -0.876. The van der Waals surface area contributed by atoms with Crippen molar-refractivity contribution in [2.45, 2.75) is 32.1 Å². The summed E-state index contributed by atoms with van der Waals surface area (Å²) in [7, 11) is 0. The second kappa shape index (κ2) is 6.68. The average molecular weight is 349 g/mol. The second-order valence-corrected chi connectivity index (χ2v) is 7.16. The highest BCUT2D eigenvalue weighted by Crippen LogP contribution is 2.34. The van der Waals surface area contributed by atoms with E-state index < -0.39 is 5.97 Å². The van der Waals surface area contributed by atoms with Crippen molar-refractivity contribution in [1.29, 1.82) is 0 Å². The molecule has 0 radical (unpaired) electrons. The van der Waals surface area contributed by atoms with E-state index in [0.717, 1.165) is 5.69 Å². The quantitative estimate of drug-likeness (QED) is 0.850. The molecule has 24 heavy (non-hydrogen) atoms. The minimum absolute atomic E-state index is 0.00355. The van der Waals surface area contributed by atoms with Gasteiger partial charge in [0.05, 0.1) is 24.0 Å². The Morgan fingerprint density at radius 1 is 1.46 bits per heavy atom. The number of thiazole rings is 1. The minimum Gasteiger partial charge on any atom is -0.481 e. The largest absolute Gasteiger partial charge is 0.481 e. The van der Waals surface area contributed by atoms with Gasteiger partial charge in [0, 0.05) is 24.4 Å². The lowest BCUT2D eigenvalue weighted by atomic mass is 9.91. The van der Waals surface area contributed by atoms with E-state index in [0.29, 0.717) is 23.8 Å². The van der Waals surface area contributed by atoms with Crippen molar-refractivity contribution in [2.75, 3.05) is 13.1 Å². The lowest BCUT2D eigenvalue weighted by Gasteiger charge is -2.14. The van der Waals surface area contributed by atoms with Gasteiger partial charge in [-0.3, -0.25) is 9.59 Å². The molecule has 0 aliphatic carbocycles. The summed E-state index contributed by atoms with van der Waals surface area (Å²) in [5.74, 6) is -1.06. The van der Waals surface area contributed by atoms with Gasteiger partial charge in [-0.15, -0.1) is 11.3 Å². The molecule has 1 aliphatic rings. The number of hydrogen-bond donors (Lipinski definition) is 2. The zero-order valence-electron chi connectivity index (χ0n) is 13.5. The molecule has 2 aromatic heterocycles. The zero-order chi connectivity index (χ0) is 17.3. The van der Waals surface area contributed by atoms with Crippen molar-refractivity contribution < 1.29 is 14.7 Å². The molecule has 1 aliphatic heterocycles.